The number of amides is 1. The molecule has 4 aromatic rings. The van der Waals surface area contributed by atoms with Gasteiger partial charge in [-0.25, -0.2) is 14.4 Å². The number of fused-ring (bicyclic) bond motifs is 4. The molecule has 1 spiro atoms. The molecule has 2 aliphatic heterocycles. The van der Waals surface area contributed by atoms with Crippen LogP contribution in [0.2, 0.25) is 0 Å². The molecule has 2 aromatic carbocycles. The number of piperazine rings is 1. The topological polar surface area (TPSA) is 92.6 Å². The molecule has 1 N–H and O–H groups in total. The van der Waals surface area contributed by atoms with Crippen LogP contribution in [0.5, 0.6) is 5.75 Å². The lowest BCUT2D eigenvalue weighted by Gasteiger charge is -2.49. The van der Waals surface area contributed by atoms with Crippen LogP contribution in [-0.2, 0) is 11.8 Å². The SMILES string of the molecule is Cc1cc(-c2ccccc2)c(C(=O)C(=O)Nc2ccc3c(c2)OC2(CC2)[C@H]2CN(c4ncc(F)cn4)CCN32)n1C. The Morgan fingerprint density at radius 3 is 2.54 bits per heavy atom. The van der Waals surface area contributed by atoms with E-state index < -0.39 is 17.5 Å². The first-order valence-electron chi connectivity index (χ1n) is 13.7. The summed E-state index contributed by atoms with van der Waals surface area (Å²) in [6, 6.07) is 17.2. The fourth-order valence-corrected chi connectivity index (χ4v) is 6.07. The second-order valence-electron chi connectivity index (χ2n) is 11.0. The van der Waals surface area contributed by atoms with Gasteiger partial charge in [0.2, 0.25) is 5.95 Å². The summed E-state index contributed by atoms with van der Waals surface area (Å²) in [4.78, 5) is 39.4. The molecule has 10 heteroatoms. The van der Waals surface area contributed by atoms with E-state index in [0.29, 0.717) is 36.2 Å². The Morgan fingerprint density at radius 2 is 1.80 bits per heavy atom. The number of hydrogen-bond acceptors (Lipinski definition) is 7. The van der Waals surface area contributed by atoms with Crippen molar-refractivity contribution < 1.29 is 18.7 Å². The molecule has 1 saturated heterocycles. The summed E-state index contributed by atoms with van der Waals surface area (Å²) in [6.07, 6.45) is 4.21. The monoisotopic (exact) mass is 552 g/mol. The maximum atomic E-state index is 13.4. The van der Waals surface area contributed by atoms with Crippen LogP contribution in [0.15, 0.2) is 67.0 Å². The van der Waals surface area contributed by atoms with Gasteiger partial charge in [0.1, 0.15) is 17.0 Å². The molecule has 4 heterocycles. The largest absolute Gasteiger partial charge is 0.483 e. The van der Waals surface area contributed by atoms with Gasteiger partial charge in [-0.3, -0.25) is 9.59 Å². The molecule has 2 aromatic heterocycles. The predicted molar refractivity (Wildman–Crippen MR) is 153 cm³/mol. The minimum Gasteiger partial charge on any atom is -0.483 e. The zero-order valence-electron chi connectivity index (χ0n) is 22.8. The minimum atomic E-state index is -0.703. The molecule has 0 unspecified atom stereocenters. The first kappa shape index (κ1) is 25.3. The van der Waals surface area contributed by atoms with Crippen LogP contribution in [-0.4, -0.2) is 57.5 Å². The number of ketones is 1. The lowest BCUT2D eigenvalue weighted by atomic mass is 9.99. The molecule has 41 heavy (non-hydrogen) atoms. The van der Waals surface area contributed by atoms with Crippen molar-refractivity contribution in [2.24, 2.45) is 7.05 Å². The number of nitrogens with zero attached hydrogens (tertiary/aromatic N) is 5. The van der Waals surface area contributed by atoms with E-state index in [1.165, 1.54) is 12.4 Å². The summed E-state index contributed by atoms with van der Waals surface area (Å²) in [5.41, 5.74) is 3.95. The number of carbonyl (C=O) groups excluding carboxylic acids is 2. The highest BCUT2D eigenvalue weighted by molar-refractivity contribution is 6.47. The van der Waals surface area contributed by atoms with E-state index in [0.717, 1.165) is 41.9 Å². The van der Waals surface area contributed by atoms with Gasteiger partial charge < -0.3 is 24.4 Å². The summed E-state index contributed by atoms with van der Waals surface area (Å²) in [5.74, 6) is -0.558. The number of ether oxygens (including phenoxy) is 1. The average molecular weight is 553 g/mol. The van der Waals surface area contributed by atoms with Crippen LogP contribution in [0.1, 0.15) is 29.0 Å². The van der Waals surface area contributed by atoms with Crippen LogP contribution < -0.4 is 19.9 Å². The number of halogens is 1. The molecule has 0 radical (unpaired) electrons. The number of hydrogen-bond donors (Lipinski definition) is 1. The number of benzene rings is 2. The Hall–Kier alpha value is -4.73. The van der Waals surface area contributed by atoms with Crippen molar-refractivity contribution in [2.75, 3.05) is 34.8 Å². The van der Waals surface area contributed by atoms with Crippen molar-refractivity contribution in [1.82, 2.24) is 14.5 Å². The fraction of sp³-hybridized carbons (Fsp3) is 0.290. The highest BCUT2D eigenvalue weighted by Gasteiger charge is 2.58. The van der Waals surface area contributed by atoms with Gasteiger partial charge in [-0.2, -0.15) is 0 Å². The van der Waals surface area contributed by atoms with E-state index in [4.69, 9.17) is 4.74 Å². The van der Waals surface area contributed by atoms with Crippen LogP contribution in [0.3, 0.4) is 0 Å². The Labute approximate surface area is 236 Å². The molecule has 3 aliphatic rings. The molecule has 2 fully saturated rings. The molecule has 1 atom stereocenters. The van der Waals surface area contributed by atoms with E-state index in [-0.39, 0.29) is 11.6 Å². The Bertz CT molecular complexity index is 1670. The highest BCUT2D eigenvalue weighted by atomic mass is 19.1. The van der Waals surface area contributed by atoms with Gasteiger partial charge in [0.05, 0.1) is 24.1 Å². The van der Waals surface area contributed by atoms with Crippen molar-refractivity contribution >= 4 is 29.0 Å². The quantitative estimate of drug-likeness (QED) is 0.290. The van der Waals surface area contributed by atoms with Gasteiger partial charge in [0, 0.05) is 49.7 Å². The highest BCUT2D eigenvalue weighted by Crippen LogP contribution is 2.53. The van der Waals surface area contributed by atoms with Crippen molar-refractivity contribution in [2.45, 2.75) is 31.4 Å². The molecular formula is C31H29FN6O3. The molecule has 1 saturated carbocycles. The van der Waals surface area contributed by atoms with E-state index in [9.17, 15) is 14.0 Å². The van der Waals surface area contributed by atoms with Crippen molar-refractivity contribution in [3.63, 3.8) is 0 Å². The predicted octanol–water partition coefficient (Wildman–Crippen LogP) is 4.37. The number of carbonyl (C=O) groups is 2. The van der Waals surface area contributed by atoms with Gasteiger partial charge >= 0.3 is 0 Å². The summed E-state index contributed by atoms with van der Waals surface area (Å²) in [5, 5.41) is 2.80. The lowest BCUT2D eigenvalue weighted by molar-refractivity contribution is -0.112. The maximum Gasteiger partial charge on any atom is 0.298 e. The Morgan fingerprint density at radius 1 is 1.05 bits per heavy atom. The number of aromatic nitrogens is 3. The lowest BCUT2D eigenvalue weighted by Crippen LogP contribution is -2.62. The van der Waals surface area contributed by atoms with Gasteiger partial charge in [0.15, 0.2) is 5.82 Å². The van der Waals surface area contributed by atoms with E-state index in [1.807, 2.05) is 49.4 Å². The van der Waals surface area contributed by atoms with E-state index in [2.05, 4.69) is 25.1 Å². The number of aryl methyl sites for hydroxylation is 1. The zero-order chi connectivity index (χ0) is 28.3. The van der Waals surface area contributed by atoms with E-state index in [1.54, 1.807) is 23.7 Å². The second-order valence-corrected chi connectivity index (χ2v) is 11.0. The van der Waals surface area contributed by atoms with Crippen LogP contribution in [0, 0.1) is 12.7 Å². The number of anilines is 3. The molecule has 9 nitrogen and oxygen atoms in total. The smallest absolute Gasteiger partial charge is 0.298 e. The minimum absolute atomic E-state index is 0.0939. The van der Waals surface area contributed by atoms with Crippen LogP contribution in [0.4, 0.5) is 21.7 Å². The van der Waals surface area contributed by atoms with Gasteiger partial charge in [-0.05, 0) is 43.5 Å². The molecule has 0 bridgehead atoms. The van der Waals surface area contributed by atoms with E-state index >= 15 is 0 Å². The zero-order valence-corrected chi connectivity index (χ0v) is 22.8. The second kappa shape index (κ2) is 9.43. The summed E-state index contributed by atoms with van der Waals surface area (Å²) < 4.78 is 21.7. The third-order valence-electron chi connectivity index (χ3n) is 8.44. The normalized spacial score (nSPS) is 18.4. The van der Waals surface area contributed by atoms with Crippen molar-refractivity contribution in [3.05, 3.63) is 84.2 Å². The van der Waals surface area contributed by atoms with Gasteiger partial charge in [-0.15, -0.1) is 0 Å². The number of rotatable bonds is 5. The molecule has 1 aliphatic carbocycles. The van der Waals surface area contributed by atoms with Crippen molar-refractivity contribution in [1.29, 1.82) is 0 Å². The average Bonchev–Trinajstić information content (AvgIpc) is 3.69. The molecule has 1 amide bonds. The number of Topliss-reactive ketones (excluding diaryl/α,β-unsaturated/α-hetero) is 1. The maximum absolute atomic E-state index is 13.4. The van der Waals surface area contributed by atoms with Crippen LogP contribution >= 0.6 is 0 Å². The first-order valence-corrected chi connectivity index (χ1v) is 13.7. The molecular weight excluding hydrogens is 523 g/mol. The van der Waals surface area contributed by atoms with Gasteiger partial charge in [-0.1, -0.05) is 30.3 Å². The molecule has 208 valence electrons. The fourth-order valence-electron chi connectivity index (χ4n) is 6.07. The third-order valence-corrected chi connectivity index (χ3v) is 8.44. The number of nitrogens with one attached hydrogen (secondary N) is 1. The van der Waals surface area contributed by atoms with Crippen molar-refractivity contribution in [3.8, 4) is 16.9 Å². The third kappa shape index (κ3) is 4.30. The standard InChI is InChI=1S/C31H29FN6O3/c1-19-14-23(20-6-4-3-5-7-20)27(36(19)2)28(39)29(40)35-22-8-9-24-25(15-22)41-31(10-11-31)26-18-37(12-13-38(24)26)30-33-16-21(32)17-34-30/h3-9,14-17,26H,10-13,18H2,1-2H3,(H,35,40)/t26-/m1/s1. The van der Waals surface area contributed by atoms with Crippen LogP contribution in [0.25, 0.3) is 11.1 Å². The summed E-state index contributed by atoms with van der Waals surface area (Å²) >= 11 is 0. The summed E-state index contributed by atoms with van der Waals surface area (Å²) in [7, 11) is 1.79. The Kier molecular flexibility index (Phi) is 5.81. The Balaban J connectivity index is 1.12. The summed E-state index contributed by atoms with van der Waals surface area (Å²) in [6.45, 7) is 3.99. The first-order chi connectivity index (χ1) is 19.8. The molecule has 7 rings (SSSR count). The van der Waals surface area contributed by atoms with Gasteiger partial charge in [0.25, 0.3) is 11.7 Å².